The number of likely N-dealkylation sites (tertiary alicyclic amines) is 1. The highest BCUT2D eigenvalue weighted by Crippen LogP contribution is 2.47. The van der Waals surface area contributed by atoms with E-state index in [9.17, 15) is 14.4 Å². The third-order valence-corrected chi connectivity index (χ3v) is 8.95. The lowest BCUT2D eigenvalue weighted by molar-refractivity contribution is -0.157. The van der Waals surface area contributed by atoms with Crippen LogP contribution in [0.15, 0.2) is 96.6 Å². The number of ether oxygens (including phenoxy) is 3. The van der Waals surface area contributed by atoms with Crippen molar-refractivity contribution in [1.29, 1.82) is 0 Å². The summed E-state index contributed by atoms with van der Waals surface area (Å²) in [7, 11) is 0. The van der Waals surface area contributed by atoms with E-state index < -0.39 is 36.1 Å². The number of rotatable bonds is 8. The van der Waals surface area contributed by atoms with E-state index in [1.54, 1.807) is 23.1 Å². The number of benzene rings is 3. The van der Waals surface area contributed by atoms with Gasteiger partial charge in [-0.05, 0) is 65.8 Å². The first-order valence-electron chi connectivity index (χ1n) is 14.7. The maximum absolute atomic E-state index is 14.0. The molecule has 3 aliphatic rings. The van der Waals surface area contributed by atoms with Gasteiger partial charge in [-0.1, -0.05) is 60.7 Å². The molecule has 0 aromatic heterocycles. The normalized spacial score (nSPS) is 23.9. The molecule has 228 valence electrons. The number of nitrogens with one attached hydrogen (secondary N) is 1. The number of amides is 2. The van der Waals surface area contributed by atoms with Crippen LogP contribution >= 0.6 is 22.6 Å². The molecule has 3 aromatic rings. The number of hydrogen-bond donors (Lipinski definition) is 2. The van der Waals surface area contributed by atoms with Gasteiger partial charge in [-0.3, -0.25) is 9.59 Å². The lowest BCUT2D eigenvalue weighted by atomic mass is 9.91. The van der Waals surface area contributed by atoms with Crippen molar-refractivity contribution in [2.75, 3.05) is 19.7 Å². The van der Waals surface area contributed by atoms with Gasteiger partial charge in [-0.2, -0.15) is 0 Å². The second kappa shape index (κ2) is 13.2. The van der Waals surface area contributed by atoms with E-state index in [4.69, 9.17) is 19.3 Å². The summed E-state index contributed by atoms with van der Waals surface area (Å²) in [5, 5.41) is 11.8. The van der Waals surface area contributed by atoms with E-state index in [0.29, 0.717) is 30.5 Å². The maximum Gasteiger partial charge on any atom is 0.338 e. The quantitative estimate of drug-likeness (QED) is 0.270. The van der Waals surface area contributed by atoms with Crippen molar-refractivity contribution in [3.05, 3.63) is 117 Å². The average Bonchev–Trinajstić information content (AvgIpc) is 3.71. The molecule has 2 N–H and O–H groups in total. The zero-order chi connectivity index (χ0) is 30.7. The monoisotopic (exact) mass is 708 g/mol. The molecule has 10 heteroatoms. The Morgan fingerprint density at radius 3 is 2.25 bits per heavy atom. The predicted octanol–water partition coefficient (Wildman–Crippen LogP) is 3.93. The van der Waals surface area contributed by atoms with Crippen molar-refractivity contribution in [2.45, 2.75) is 49.4 Å². The Labute approximate surface area is 269 Å². The van der Waals surface area contributed by atoms with Gasteiger partial charge in [0.2, 0.25) is 17.6 Å². The Kier molecular flexibility index (Phi) is 9.13. The zero-order valence-corrected chi connectivity index (χ0v) is 26.1. The number of aliphatic hydroxyl groups is 1. The van der Waals surface area contributed by atoms with Crippen LogP contribution in [0.3, 0.4) is 0 Å². The summed E-state index contributed by atoms with van der Waals surface area (Å²) < 4.78 is 20.6. The summed E-state index contributed by atoms with van der Waals surface area (Å²) in [6, 6.07) is 25.6. The van der Waals surface area contributed by atoms with Crippen LogP contribution in [0.5, 0.6) is 0 Å². The highest BCUT2D eigenvalue weighted by Gasteiger charge is 2.55. The van der Waals surface area contributed by atoms with Gasteiger partial charge in [-0.15, -0.1) is 0 Å². The van der Waals surface area contributed by atoms with Crippen LogP contribution in [0.1, 0.15) is 40.7 Å². The van der Waals surface area contributed by atoms with Gasteiger partial charge < -0.3 is 29.5 Å². The van der Waals surface area contributed by atoms with Crippen LogP contribution in [0.2, 0.25) is 0 Å². The molecule has 2 amide bonds. The van der Waals surface area contributed by atoms with Crippen molar-refractivity contribution in [1.82, 2.24) is 10.2 Å². The van der Waals surface area contributed by atoms with Crippen molar-refractivity contribution in [2.24, 2.45) is 0 Å². The molecule has 0 saturated carbocycles. The Hall–Kier alpha value is -3.58. The van der Waals surface area contributed by atoms with Crippen LogP contribution in [0, 0.1) is 3.57 Å². The van der Waals surface area contributed by atoms with Crippen LogP contribution < -0.4 is 5.32 Å². The summed E-state index contributed by atoms with van der Waals surface area (Å²) in [6.07, 6.45) is 0.798. The number of carbonyl (C=O) groups excluding carboxylic acids is 3. The maximum atomic E-state index is 14.0. The molecular formula is C34H33IN2O7. The topological polar surface area (TPSA) is 114 Å². The molecule has 6 rings (SSSR count). The highest BCUT2D eigenvalue weighted by molar-refractivity contribution is 14.1. The number of esters is 1. The lowest BCUT2D eigenvalue weighted by Gasteiger charge is -2.33. The molecule has 0 radical (unpaired) electrons. The van der Waals surface area contributed by atoms with Gasteiger partial charge in [0.25, 0.3) is 0 Å². The number of carbonyl (C=O) groups is 3. The number of halogens is 1. The molecular weight excluding hydrogens is 675 g/mol. The van der Waals surface area contributed by atoms with Gasteiger partial charge in [0.05, 0.1) is 12.2 Å². The van der Waals surface area contributed by atoms with E-state index in [0.717, 1.165) is 14.7 Å². The fourth-order valence-corrected chi connectivity index (χ4v) is 6.50. The third kappa shape index (κ3) is 6.03. The summed E-state index contributed by atoms with van der Waals surface area (Å²) in [6.45, 7) is 0.354. The highest BCUT2D eigenvalue weighted by atomic mass is 127. The van der Waals surface area contributed by atoms with Crippen LogP contribution in [0.25, 0.3) is 0 Å². The molecule has 0 unspecified atom stereocenters. The Morgan fingerprint density at radius 1 is 0.955 bits per heavy atom. The number of aliphatic hydroxyl groups excluding tert-OH is 1. The average molecular weight is 709 g/mol. The number of hydrogen-bond acceptors (Lipinski definition) is 7. The van der Waals surface area contributed by atoms with Crippen molar-refractivity contribution >= 4 is 40.4 Å². The molecule has 44 heavy (non-hydrogen) atoms. The second-order valence-electron chi connectivity index (χ2n) is 11.0. The van der Waals surface area contributed by atoms with Crippen molar-refractivity contribution < 1.29 is 33.7 Å². The summed E-state index contributed by atoms with van der Waals surface area (Å²) in [5.74, 6) is -2.43. The van der Waals surface area contributed by atoms with Gasteiger partial charge in [-0.25, -0.2) is 4.79 Å². The van der Waals surface area contributed by atoms with E-state index in [2.05, 4.69) is 27.9 Å². The molecule has 4 atom stereocenters. The second-order valence-corrected chi connectivity index (χ2v) is 12.3. The molecule has 2 fully saturated rings. The summed E-state index contributed by atoms with van der Waals surface area (Å²) >= 11 is 2.17. The first-order valence-corrected chi connectivity index (χ1v) is 15.8. The molecule has 1 aliphatic carbocycles. The van der Waals surface area contributed by atoms with E-state index >= 15 is 0 Å². The summed E-state index contributed by atoms with van der Waals surface area (Å²) in [5.41, 5.74) is 2.32. The lowest BCUT2D eigenvalue weighted by Crippen LogP contribution is -2.49. The fourth-order valence-electron chi connectivity index (χ4n) is 6.14. The zero-order valence-electron chi connectivity index (χ0n) is 23.9. The standard InChI is InChI=1S/C34H33IN2O7/c35-26-15-13-22(14-16-26)33(41)42-28-20-23(32(40)37-18-7-12-27(37)31(39)36-17-19-38)21-29-30(28)44-34(43-29,24-8-3-1-4-9-24)25-10-5-2-6-11-25/h1-6,8-11,13-16,21,27-30,38H,7,12,17-20H2,(H,36,39)/t27-,28-,29-,30+/m1/s1. The predicted molar refractivity (Wildman–Crippen MR) is 169 cm³/mol. The van der Waals surface area contributed by atoms with Crippen LogP contribution in [-0.4, -0.2) is 71.8 Å². The smallest absolute Gasteiger partial charge is 0.338 e. The Bertz CT molecular complexity index is 1490. The number of fused-ring (bicyclic) bond motifs is 1. The van der Waals surface area contributed by atoms with Gasteiger partial charge >= 0.3 is 5.97 Å². The molecule has 0 spiro atoms. The van der Waals surface area contributed by atoms with Crippen LogP contribution in [-0.2, 0) is 29.6 Å². The van der Waals surface area contributed by atoms with Crippen molar-refractivity contribution in [3.8, 4) is 0 Å². The molecule has 9 nitrogen and oxygen atoms in total. The Balaban J connectivity index is 1.35. The van der Waals surface area contributed by atoms with Crippen LogP contribution in [0.4, 0.5) is 0 Å². The largest absolute Gasteiger partial charge is 0.456 e. The summed E-state index contributed by atoms with van der Waals surface area (Å²) in [4.78, 5) is 41.8. The van der Waals surface area contributed by atoms with Gasteiger partial charge in [0, 0.05) is 39.8 Å². The number of nitrogens with zero attached hydrogens (tertiary/aromatic N) is 1. The van der Waals surface area contributed by atoms with Gasteiger partial charge in [0.15, 0.2) is 0 Å². The molecule has 2 saturated heterocycles. The first kappa shape index (κ1) is 30.4. The minimum Gasteiger partial charge on any atom is -0.456 e. The van der Waals surface area contributed by atoms with Crippen molar-refractivity contribution in [3.63, 3.8) is 0 Å². The van der Waals surface area contributed by atoms with Gasteiger partial charge in [0.1, 0.15) is 24.4 Å². The molecule has 2 heterocycles. The van der Waals surface area contributed by atoms with E-state index in [1.807, 2.05) is 72.8 Å². The molecule has 3 aromatic carbocycles. The van der Waals surface area contributed by atoms with E-state index in [-0.39, 0.29) is 31.4 Å². The molecule has 0 bridgehead atoms. The van der Waals surface area contributed by atoms with E-state index in [1.165, 1.54) is 0 Å². The Morgan fingerprint density at radius 2 is 1.61 bits per heavy atom. The first-order chi connectivity index (χ1) is 21.4. The SMILES string of the molecule is O=C(O[C@@H]1CC(C(=O)N2CCC[C@@H]2C(=O)NCCO)=C[C@H]2OC(c3ccccc3)(c3ccccc3)O[C@H]21)c1ccc(I)cc1. The molecule has 2 aliphatic heterocycles. The third-order valence-electron chi connectivity index (χ3n) is 8.23. The minimum atomic E-state index is -1.30. The minimum absolute atomic E-state index is 0.0978. The fraction of sp³-hybridized carbons (Fsp3) is 0.324.